The minimum absolute atomic E-state index is 0.0672. The number of hydrogen-bond acceptors (Lipinski definition) is 2. The highest BCUT2D eigenvalue weighted by atomic mass is 19.1. The molecule has 0 radical (unpaired) electrons. The molecule has 0 saturated carbocycles. The van der Waals surface area contributed by atoms with Crippen LogP contribution < -0.4 is 9.64 Å². The molecule has 3 nitrogen and oxygen atoms in total. The number of nitrogens with zero attached hydrogens (tertiary/aromatic N) is 1. The first-order chi connectivity index (χ1) is 9.66. The summed E-state index contributed by atoms with van der Waals surface area (Å²) in [6.07, 6.45) is 0. The Balaban J connectivity index is 2.00. The Kier molecular flexibility index (Phi) is 3.14. The van der Waals surface area contributed by atoms with Crippen molar-refractivity contribution in [1.82, 2.24) is 0 Å². The largest absolute Gasteiger partial charge is 0.489 e. The maximum absolute atomic E-state index is 13.0. The fourth-order valence-corrected chi connectivity index (χ4v) is 2.34. The second-order valence-corrected chi connectivity index (χ2v) is 4.81. The van der Waals surface area contributed by atoms with E-state index in [2.05, 4.69) is 0 Å². The maximum atomic E-state index is 13.0. The molecule has 1 amide bonds. The zero-order valence-electron chi connectivity index (χ0n) is 11.0. The number of anilines is 1. The molecule has 0 bridgehead atoms. The van der Waals surface area contributed by atoms with Gasteiger partial charge in [0.1, 0.15) is 18.2 Å². The van der Waals surface area contributed by atoms with Crippen LogP contribution in [0.15, 0.2) is 48.5 Å². The smallest absolute Gasteiger partial charge is 0.258 e. The van der Waals surface area contributed by atoms with E-state index in [1.165, 1.54) is 24.3 Å². The highest BCUT2D eigenvalue weighted by molar-refractivity contribution is 6.07. The van der Waals surface area contributed by atoms with Crippen molar-refractivity contribution in [3.8, 4) is 5.75 Å². The Morgan fingerprint density at radius 2 is 1.90 bits per heavy atom. The molecule has 2 aromatic carbocycles. The van der Waals surface area contributed by atoms with Crippen LogP contribution in [0.5, 0.6) is 5.75 Å². The summed E-state index contributed by atoms with van der Waals surface area (Å²) in [5.74, 6) is 0.200. The van der Waals surface area contributed by atoms with Gasteiger partial charge in [-0.05, 0) is 43.3 Å². The van der Waals surface area contributed by atoms with E-state index in [9.17, 15) is 9.18 Å². The van der Waals surface area contributed by atoms with E-state index in [-0.39, 0.29) is 17.8 Å². The molecule has 0 unspecified atom stereocenters. The van der Waals surface area contributed by atoms with Crippen molar-refractivity contribution in [2.45, 2.75) is 13.0 Å². The summed E-state index contributed by atoms with van der Waals surface area (Å²) in [5, 5.41) is 0. The number of halogens is 1. The van der Waals surface area contributed by atoms with Crippen LogP contribution in [0.2, 0.25) is 0 Å². The van der Waals surface area contributed by atoms with Crippen LogP contribution in [0.25, 0.3) is 0 Å². The third kappa shape index (κ3) is 2.13. The van der Waals surface area contributed by atoms with Gasteiger partial charge in [-0.2, -0.15) is 0 Å². The van der Waals surface area contributed by atoms with Gasteiger partial charge in [0, 0.05) is 5.56 Å². The van der Waals surface area contributed by atoms with Crippen molar-refractivity contribution in [2.24, 2.45) is 0 Å². The van der Waals surface area contributed by atoms with E-state index in [1.54, 1.807) is 4.90 Å². The normalized spacial score (nSPS) is 17.3. The Morgan fingerprint density at radius 1 is 1.20 bits per heavy atom. The first kappa shape index (κ1) is 12.7. The van der Waals surface area contributed by atoms with Gasteiger partial charge in [-0.3, -0.25) is 9.69 Å². The quantitative estimate of drug-likeness (QED) is 0.796. The zero-order valence-corrected chi connectivity index (χ0v) is 11.0. The molecule has 0 saturated heterocycles. The van der Waals surface area contributed by atoms with E-state index in [4.69, 9.17) is 4.74 Å². The monoisotopic (exact) mass is 271 g/mol. The third-order valence-corrected chi connectivity index (χ3v) is 3.36. The lowest BCUT2D eigenvalue weighted by molar-refractivity contribution is 0.0961. The number of rotatable bonds is 1. The SMILES string of the molecule is C[C@@H]1COc2ccccc2N1C(=O)c1ccc(F)cc1. The molecule has 4 heteroatoms. The molecule has 1 heterocycles. The van der Waals surface area contributed by atoms with Crippen LogP contribution >= 0.6 is 0 Å². The number of para-hydroxylation sites is 2. The predicted molar refractivity (Wildman–Crippen MR) is 74.6 cm³/mol. The number of benzene rings is 2. The zero-order chi connectivity index (χ0) is 14.1. The summed E-state index contributed by atoms with van der Waals surface area (Å²) in [7, 11) is 0. The molecule has 1 aliphatic heterocycles. The van der Waals surface area contributed by atoms with Gasteiger partial charge in [-0.15, -0.1) is 0 Å². The van der Waals surface area contributed by atoms with E-state index < -0.39 is 0 Å². The molecule has 20 heavy (non-hydrogen) atoms. The number of carbonyl (C=O) groups excluding carboxylic acids is 1. The predicted octanol–water partition coefficient (Wildman–Crippen LogP) is 3.25. The maximum Gasteiger partial charge on any atom is 0.258 e. The Labute approximate surface area is 116 Å². The molecule has 1 atom stereocenters. The lowest BCUT2D eigenvalue weighted by Crippen LogP contribution is -2.45. The molecule has 3 rings (SSSR count). The lowest BCUT2D eigenvalue weighted by atomic mass is 10.1. The van der Waals surface area contributed by atoms with Crippen LogP contribution in [0, 0.1) is 5.82 Å². The standard InChI is InChI=1S/C16H14FNO2/c1-11-10-20-15-5-3-2-4-14(15)18(11)16(19)12-6-8-13(17)9-7-12/h2-9,11H,10H2,1H3/t11-/m1/s1. The molecule has 2 aromatic rings. The van der Waals surface area contributed by atoms with E-state index in [1.807, 2.05) is 31.2 Å². The lowest BCUT2D eigenvalue weighted by Gasteiger charge is -2.35. The summed E-state index contributed by atoms with van der Waals surface area (Å²) in [4.78, 5) is 14.3. The van der Waals surface area contributed by atoms with Crippen molar-refractivity contribution >= 4 is 11.6 Å². The molecule has 102 valence electrons. The fraction of sp³-hybridized carbons (Fsp3) is 0.188. The second kappa shape index (κ2) is 4.96. The van der Waals surface area contributed by atoms with E-state index >= 15 is 0 Å². The second-order valence-electron chi connectivity index (χ2n) is 4.81. The van der Waals surface area contributed by atoms with Gasteiger partial charge in [0.15, 0.2) is 0 Å². The van der Waals surface area contributed by atoms with Gasteiger partial charge in [0.2, 0.25) is 0 Å². The Morgan fingerprint density at radius 3 is 2.65 bits per heavy atom. The van der Waals surface area contributed by atoms with Crippen molar-refractivity contribution in [2.75, 3.05) is 11.5 Å². The molecule has 1 aliphatic rings. The summed E-state index contributed by atoms with van der Waals surface area (Å²) >= 11 is 0. The highest BCUT2D eigenvalue weighted by Gasteiger charge is 2.29. The van der Waals surface area contributed by atoms with Gasteiger partial charge < -0.3 is 4.74 Å². The van der Waals surface area contributed by atoms with Gasteiger partial charge in [0.05, 0.1) is 11.7 Å². The number of amides is 1. The Hall–Kier alpha value is -2.36. The van der Waals surface area contributed by atoms with Gasteiger partial charge in [-0.1, -0.05) is 12.1 Å². The highest BCUT2D eigenvalue weighted by Crippen LogP contribution is 2.34. The summed E-state index contributed by atoms with van der Waals surface area (Å²) in [6.45, 7) is 2.38. The van der Waals surface area contributed by atoms with Crippen molar-refractivity contribution in [1.29, 1.82) is 0 Å². The molecule has 0 fully saturated rings. The average molecular weight is 271 g/mol. The van der Waals surface area contributed by atoms with Gasteiger partial charge in [0.25, 0.3) is 5.91 Å². The van der Waals surface area contributed by atoms with Crippen LogP contribution in [-0.2, 0) is 0 Å². The van der Waals surface area contributed by atoms with Crippen LogP contribution in [-0.4, -0.2) is 18.6 Å². The number of carbonyl (C=O) groups is 1. The summed E-state index contributed by atoms with van der Waals surface area (Å²) in [6, 6.07) is 13.0. The van der Waals surface area contributed by atoms with Crippen LogP contribution in [0.3, 0.4) is 0 Å². The van der Waals surface area contributed by atoms with Crippen LogP contribution in [0.4, 0.5) is 10.1 Å². The number of hydrogen-bond donors (Lipinski definition) is 0. The summed E-state index contributed by atoms with van der Waals surface area (Å²) in [5.41, 5.74) is 1.22. The topological polar surface area (TPSA) is 29.5 Å². The first-order valence-electron chi connectivity index (χ1n) is 6.48. The average Bonchev–Trinajstić information content (AvgIpc) is 2.47. The number of fused-ring (bicyclic) bond motifs is 1. The molecule has 0 aromatic heterocycles. The Bertz CT molecular complexity index is 639. The third-order valence-electron chi connectivity index (χ3n) is 3.36. The molecule has 0 aliphatic carbocycles. The fourth-order valence-electron chi connectivity index (χ4n) is 2.34. The van der Waals surface area contributed by atoms with Crippen LogP contribution in [0.1, 0.15) is 17.3 Å². The molecule has 0 N–H and O–H groups in total. The van der Waals surface area contributed by atoms with Gasteiger partial charge >= 0.3 is 0 Å². The van der Waals surface area contributed by atoms with E-state index in [0.29, 0.717) is 17.9 Å². The number of ether oxygens (including phenoxy) is 1. The van der Waals surface area contributed by atoms with Crippen molar-refractivity contribution in [3.05, 3.63) is 59.9 Å². The van der Waals surface area contributed by atoms with E-state index in [0.717, 1.165) is 5.69 Å². The summed E-state index contributed by atoms with van der Waals surface area (Å²) < 4.78 is 18.6. The molecule has 0 spiro atoms. The van der Waals surface area contributed by atoms with Crippen molar-refractivity contribution < 1.29 is 13.9 Å². The minimum atomic E-state index is -0.350. The molecular weight excluding hydrogens is 257 g/mol. The molecular formula is C16H14FNO2. The van der Waals surface area contributed by atoms with Gasteiger partial charge in [-0.25, -0.2) is 4.39 Å². The van der Waals surface area contributed by atoms with Crippen molar-refractivity contribution in [3.63, 3.8) is 0 Å². The first-order valence-corrected chi connectivity index (χ1v) is 6.48. The minimum Gasteiger partial charge on any atom is -0.489 e.